The Hall–Kier alpha value is -1.43. The van der Waals surface area contributed by atoms with Gasteiger partial charge in [0.05, 0.1) is 5.92 Å². The van der Waals surface area contributed by atoms with Gasteiger partial charge in [-0.15, -0.1) is 0 Å². The number of hydrogen-bond donors (Lipinski definition) is 1. The molecule has 1 N–H and O–H groups in total. The molecule has 1 fully saturated rings. The SMILES string of the molecule is CC(=O)C1C(=O)CCCCC1NN(C)C(=O)OC(C)(C)C. The van der Waals surface area contributed by atoms with Crippen LogP contribution in [0.15, 0.2) is 0 Å². The number of amides is 1. The maximum atomic E-state index is 12.1. The Morgan fingerprint density at radius 2 is 1.90 bits per heavy atom. The van der Waals surface area contributed by atoms with E-state index in [-0.39, 0.29) is 17.6 Å². The van der Waals surface area contributed by atoms with Crippen LogP contribution in [0.4, 0.5) is 4.79 Å². The Balaban J connectivity index is 2.75. The van der Waals surface area contributed by atoms with Crippen LogP contribution in [0.25, 0.3) is 0 Å². The summed E-state index contributed by atoms with van der Waals surface area (Å²) in [4.78, 5) is 35.8. The van der Waals surface area contributed by atoms with Crippen molar-refractivity contribution in [3.8, 4) is 0 Å². The van der Waals surface area contributed by atoms with E-state index in [0.717, 1.165) is 12.8 Å². The predicted molar refractivity (Wildman–Crippen MR) is 78.6 cm³/mol. The van der Waals surface area contributed by atoms with Gasteiger partial charge in [0.15, 0.2) is 0 Å². The lowest BCUT2D eigenvalue weighted by atomic mass is 9.90. The van der Waals surface area contributed by atoms with Crippen LogP contribution in [-0.2, 0) is 14.3 Å². The van der Waals surface area contributed by atoms with Crippen molar-refractivity contribution in [2.75, 3.05) is 7.05 Å². The fourth-order valence-corrected chi connectivity index (χ4v) is 2.49. The van der Waals surface area contributed by atoms with Crippen molar-refractivity contribution in [1.82, 2.24) is 10.4 Å². The van der Waals surface area contributed by atoms with Crippen LogP contribution < -0.4 is 5.43 Å². The number of carbonyl (C=O) groups is 3. The van der Waals surface area contributed by atoms with Gasteiger partial charge < -0.3 is 4.74 Å². The minimum atomic E-state index is -0.683. The van der Waals surface area contributed by atoms with Crippen molar-refractivity contribution in [3.63, 3.8) is 0 Å². The Kier molecular flexibility index (Phi) is 5.89. The summed E-state index contributed by atoms with van der Waals surface area (Å²) in [6.07, 6.45) is 2.23. The lowest BCUT2D eigenvalue weighted by molar-refractivity contribution is -0.133. The first-order chi connectivity index (χ1) is 9.61. The second-order valence-electron chi connectivity index (χ2n) is 6.58. The second kappa shape index (κ2) is 7.02. The Morgan fingerprint density at radius 3 is 2.43 bits per heavy atom. The Labute approximate surface area is 126 Å². The highest BCUT2D eigenvalue weighted by molar-refractivity contribution is 6.02. The average Bonchev–Trinajstić information content (AvgIpc) is 2.48. The zero-order valence-corrected chi connectivity index (χ0v) is 13.6. The fourth-order valence-electron chi connectivity index (χ4n) is 2.49. The van der Waals surface area contributed by atoms with Gasteiger partial charge in [-0.3, -0.25) is 9.59 Å². The molecule has 0 aromatic carbocycles. The predicted octanol–water partition coefficient (Wildman–Crippen LogP) is 2.07. The van der Waals surface area contributed by atoms with E-state index >= 15 is 0 Å². The van der Waals surface area contributed by atoms with Crippen LogP contribution in [0.5, 0.6) is 0 Å². The molecule has 0 bridgehead atoms. The lowest BCUT2D eigenvalue weighted by Gasteiger charge is -2.30. The highest BCUT2D eigenvalue weighted by Gasteiger charge is 2.35. The molecule has 2 atom stereocenters. The van der Waals surface area contributed by atoms with E-state index in [2.05, 4.69) is 5.43 Å². The van der Waals surface area contributed by atoms with E-state index in [1.165, 1.54) is 11.9 Å². The van der Waals surface area contributed by atoms with Crippen LogP contribution >= 0.6 is 0 Å². The molecule has 0 saturated heterocycles. The minimum Gasteiger partial charge on any atom is -0.443 e. The summed E-state index contributed by atoms with van der Waals surface area (Å²) in [5, 5.41) is 1.23. The summed E-state index contributed by atoms with van der Waals surface area (Å²) in [6.45, 7) is 6.78. The third-order valence-electron chi connectivity index (χ3n) is 3.40. The molecule has 0 aromatic rings. The van der Waals surface area contributed by atoms with Crippen LogP contribution in [0.2, 0.25) is 0 Å². The number of nitrogens with one attached hydrogen (secondary N) is 1. The number of hydrogen-bond acceptors (Lipinski definition) is 5. The van der Waals surface area contributed by atoms with Crippen molar-refractivity contribution < 1.29 is 19.1 Å². The van der Waals surface area contributed by atoms with E-state index in [1.807, 2.05) is 0 Å². The topological polar surface area (TPSA) is 75.7 Å². The standard InChI is InChI=1S/C15H26N2O4/c1-10(18)13-11(8-6-7-9-12(13)19)16-17(5)14(20)21-15(2,3)4/h11,13,16H,6-9H2,1-5H3. The smallest absolute Gasteiger partial charge is 0.424 e. The molecule has 120 valence electrons. The monoisotopic (exact) mass is 298 g/mol. The van der Waals surface area contributed by atoms with Gasteiger partial charge in [-0.05, 0) is 40.5 Å². The molecule has 1 aliphatic rings. The van der Waals surface area contributed by atoms with Crippen LogP contribution in [0.1, 0.15) is 53.4 Å². The number of nitrogens with zero attached hydrogens (tertiary/aromatic N) is 1. The molecule has 0 heterocycles. The maximum absolute atomic E-state index is 12.1. The van der Waals surface area contributed by atoms with Crippen molar-refractivity contribution in [3.05, 3.63) is 0 Å². The van der Waals surface area contributed by atoms with Gasteiger partial charge in [-0.25, -0.2) is 15.2 Å². The number of hydrazine groups is 1. The van der Waals surface area contributed by atoms with E-state index in [1.54, 1.807) is 27.8 Å². The van der Waals surface area contributed by atoms with Gasteiger partial charge in [0.2, 0.25) is 0 Å². The molecule has 2 unspecified atom stereocenters. The average molecular weight is 298 g/mol. The van der Waals surface area contributed by atoms with Crippen LogP contribution in [0, 0.1) is 5.92 Å². The van der Waals surface area contributed by atoms with E-state index in [4.69, 9.17) is 4.74 Å². The van der Waals surface area contributed by atoms with Gasteiger partial charge in [-0.1, -0.05) is 6.42 Å². The normalized spacial score (nSPS) is 23.4. The molecule has 1 amide bonds. The van der Waals surface area contributed by atoms with Crippen molar-refractivity contribution in [2.45, 2.75) is 65.0 Å². The van der Waals surface area contributed by atoms with E-state index in [9.17, 15) is 14.4 Å². The molecule has 0 radical (unpaired) electrons. The van der Waals surface area contributed by atoms with Gasteiger partial charge in [0.1, 0.15) is 17.2 Å². The molecule has 1 saturated carbocycles. The van der Waals surface area contributed by atoms with Crippen LogP contribution in [-0.4, -0.2) is 41.4 Å². The first-order valence-electron chi connectivity index (χ1n) is 7.38. The molecule has 21 heavy (non-hydrogen) atoms. The zero-order chi connectivity index (χ0) is 16.2. The number of rotatable bonds is 3. The Morgan fingerprint density at radius 1 is 1.29 bits per heavy atom. The van der Waals surface area contributed by atoms with E-state index in [0.29, 0.717) is 12.8 Å². The summed E-state index contributed by atoms with van der Waals surface area (Å²) in [6, 6.07) is -0.352. The van der Waals surface area contributed by atoms with Gasteiger partial charge >= 0.3 is 6.09 Å². The number of Topliss-reactive ketones (excluding diaryl/α,β-unsaturated/α-hetero) is 2. The molecular weight excluding hydrogens is 272 g/mol. The molecule has 1 rings (SSSR count). The van der Waals surface area contributed by atoms with Gasteiger partial charge in [-0.2, -0.15) is 0 Å². The van der Waals surface area contributed by atoms with Crippen molar-refractivity contribution in [2.24, 2.45) is 5.92 Å². The summed E-state index contributed by atoms with van der Waals surface area (Å²) in [5.41, 5.74) is 2.37. The number of ketones is 2. The summed E-state index contributed by atoms with van der Waals surface area (Å²) in [5.74, 6) is -0.885. The second-order valence-corrected chi connectivity index (χ2v) is 6.58. The zero-order valence-electron chi connectivity index (χ0n) is 13.6. The molecule has 6 nitrogen and oxygen atoms in total. The molecular formula is C15H26N2O4. The van der Waals surface area contributed by atoms with Gasteiger partial charge in [0.25, 0.3) is 0 Å². The number of carbonyl (C=O) groups excluding carboxylic acids is 3. The third-order valence-corrected chi connectivity index (χ3v) is 3.40. The highest BCUT2D eigenvalue weighted by Crippen LogP contribution is 2.22. The van der Waals surface area contributed by atoms with Crippen molar-refractivity contribution >= 4 is 17.7 Å². The maximum Gasteiger partial charge on any atom is 0.424 e. The van der Waals surface area contributed by atoms with Crippen LogP contribution in [0.3, 0.4) is 0 Å². The van der Waals surface area contributed by atoms with Gasteiger partial charge in [0, 0.05) is 19.5 Å². The summed E-state index contributed by atoms with van der Waals surface area (Å²) >= 11 is 0. The summed E-state index contributed by atoms with van der Waals surface area (Å²) < 4.78 is 5.25. The largest absolute Gasteiger partial charge is 0.443 e. The quantitative estimate of drug-likeness (QED) is 0.490. The highest BCUT2D eigenvalue weighted by atomic mass is 16.6. The molecule has 0 spiro atoms. The fraction of sp³-hybridized carbons (Fsp3) is 0.800. The first kappa shape index (κ1) is 17.6. The third kappa shape index (κ3) is 5.46. The van der Waals surface area contributed by atoms with E-state index < -0.39 is 17.6 Å². The Bertz CT molecular complexity index is 414. The minimum absolute atomic E-state index is 0.0462. The van der Waals surface area contributed by atoms with Crippen molar-refractivity contribution in [1.29, 1.82) is 0 Å². The summed E-state index contributed by atoms with van der Waals surface area (Å²) in [7, 11) is 1.54. The molecule has 1 aliphatic carbocycles. The molecule has 0 aliphatic heterocycles. The molecule has 6 heteroatoms. The molecule has 0 aromatic heterocycles. The number of ether oxygens (including phenoxy) is 1. The lowest BCUT2D eigenvalue weighted by Crippen LogP contribution is -2.52. The first-order valence-corrected chi connectivity index (χ1v) is 7.38.